The van der Waals surface area contributed by atoms with Crippen LogP contribution in [-0.2, 0) is 14.4 Å². The highest BCUT2D eigenvalue weighted by Crippen LogP contribution is 2.12. The van der Waals surface area contributed by atoms with Crippen LogP contribution in [0.15, 0.2) is 0 Å². The summed E-state index contributed by atoms with van der Waals surface area (Å²) < 4.78 is 0. The van der Waals surface area contributed by atoms with E-state index in [0.717, 1.165) is 4.90 Å². The topological polar surface area (TPSA) is 116 Å². The van der Waals surface area contributed by atoms with Gasteiger partial charge < -0.3 is 15.7 Å². The lowest BCUT2D eigenvalue weighted by atomic mass is 9.99. The second kappa shape index (κ2) is 7.05. The van der Waals surface area contributed by atoms with Gasteiger partial charge in [0, 0.05) is 13.5 Å². The highest BCUT2D eigenvalue weighted by Gasteiger charge is 2.33. The van der Waals surface area contributed by atoms with Gasteiger partial charge in [-0.05, 0) is 12.3 Å². The molecule has 0 spiro atoms. The first-order valence-electron chi connectivity index (χ1n) is 6.88. The van der Waals surface area contributed by atoms with Gasteiger partial charge in [0.2, 0.25) is 5.91 Å². The van der Waals surface area contributed by atoms with Crippen LogP contribution < -0.4 is 10.6 Å². The SMILES string of the molecule is CC[C@H](C)[C@H](NC(=O)NC1CCC(=O)N(C)C1=O)C(=O)O. The maximum Gasteiger partial charge on any atom is 0.326 e. The Kier molecular flexibility index (Phi) is 5.69. The number of hydrogen-bond donors (Lipinski definition) is 3. The summed E-state index contributed by atoms with van der Waals surface area (Å²) in [4.78, 5) is 47.1. The Hall–Kier alpha value is -2.12. The van der Waals surface area contributed by atoms with E-state index in [-0.39, 0.29) is 24.7 Å². The minimum atomic E-state index is -1.12. The number of carboxylic acids is 1. The summed E-state index contributed by atoms with van der Waals surface area (Å²) in [5.41, 5.74) is 0. The Balaban J connectivity index is 2.62. The molecule has 0 aromatic carbocycles. The van der Waals surface area contributed by atoms with Gasteiger partial charge in [-0.2, -0.15) is 0 Å². The number of likely N-dealkylation sites (tertiary alicyclic amines) is 1. The standard InChI is InChI=1S/C13H21N3O5/c1-4-7(2)10(12(19)20)15-13(21)14-8-5-6-9(17)16(3)11(8)18/h7-8,10H,4-6H2,1-3H3,(H,19,20)(H2,14,15,21)/t7-,8?,10-/m0/s1. The number of carbonyl (C=O) groups excluding carboxylic acids is 3. The van der Waals surface area contributed by atoms with Gasteiger partial charge >= 0.3 is 12.0 Å². The normalized spacial score (nSPS) is 21.7. The predicted molar refractivity (Wildman–Crippen MR) is 73.3 cm³/mol. The largest absolute Gasteiger partial charge is 0.480 e. The van der Waals surface area contributed by atoms with Crippen LogP contribution in [0.3, 0.4) is 0 Å². The van der Waals surface area contributed by atoms with Crippen LogP contribution in [0.5, 0.6) is 0 Å². The molecule has 1 rings (SSSR count). The van der Waals surface area contributed by atoms with Crippen LogP contribution in [0.2, 0.25) is 0 Å². The van der Waals surface area contributed by atoms with Crippen LogP contribution in [0.4, 0.5) is 4.79 Å². The maximum absolute atomic E-state index is 11.8. The van der Waals surface area contributed by atoms with Crippen molar-refractivity contribution in [1.29, 1.82) is 0 Å². The van der Waals surface area contributed by atoms with E-state index in [1.807, 2.05) is 6.92 Å². The number of hydrogen-bond acceptors (Lipinski definition) is 4. The minimum Gasteiger partial charge on any atom is -0.480 e. The van der Waals surface area contributed by atoms with Crippen LogP contribution in [0.25, 0.3) is 0 Å². The molecule has 1 aliphatic rings. The van der Waals surface area contributed by atoms with Crippen molar-refractivity contribution >= 4 is 23.8 Å². The zero-order valence-corrected chi connectivity index (χ0v) is 12.4. The molecule has 0 aliphatic carbocycles. The number of carboxylic acid groups (broad SMARTS) is 1. The first-order chi connectivity index (χ1) is 9.77. The number of imide groups is 1. The second-order valence-corrected chi connectivity index (χ2v) is 5.20. The lowest BCUT2D eigenvalue weighted by Crippen LogP contribution is -2.57. The fourth-order valence-corrected chi connectivity index (χ4v) is 2.07. The third-order valence-electron chi connectivity index (χ3n) is 3.72. The third-order valence-corrected chi connectivity index (χ3v) is 3.72. The number of nitrogens with zero attached hydrogens (tertiary/aromatic N) is 1. The zero-order chi connectivity index (χ0) is 16.2. The van der Waals surface area contributed by atoms with E-state index in [4.69, 9.17) is 5.11 Å². The monoisotopic (exact) mass is 299 g/mol. The number of carbonyl (C=O) groups is 4. The van der Waals surface area contributed by atoms with E-state index < -0.39 is 30.0 Å². The average molecular weight is 299 g/mol. The number of likely N-dealkylation sites (N-methyl/N-ethyl adjacent to an activating group) is 1. The minimum absolute atomic E-state index is 0.168. The highest BCUT2D eigenvalue weighted by atomic mass is 16.4. The summed E-state index contributed by atoms with van der Waals surface area (Å²) in [7, 11) is 1.36. The molecular formula is C13H21N3O5. The molecule has 1 aliphatic heterocycles. The fraction of sp³-hybridized carbons (Fsp3) is 0.692. The van der Waals surface area contributed by atoms with Crippen molar-refractivity contribution in [1.82, 2.24) is 15.5 Å². The molecule has 1 fully saturated rings. The molecule has 3 atom stereocenters. The molecule has 8 heteroatoms. The molecule has 0 aromatic heterocycles. The Morgan fingerprint density at radius 3 is 2.57 bits per heavy atom. The van der Waals surface area contributed by atoms with Gasteiger partial charge in [0.15, 0.2) is 0 Å². The van der Waals surface area contributed by atoms with Gasteiger partial charge in [-0.3, -0.25) is 14.5 Å². The first kappa shape index (κ1) is 16.9. The first-order valence-corrected chi connectivity index (χ1v) is 6.88. The van der Waals surface area contributed by atoms with Gasteiger partial charge in [0.1, 0.15) is 12.1 Å². The van der Waals surface area contributed by atoms with Gasteiger partial charge in [-0.1, -0.05) is 20.3 Å². The number of rotatable bonds is 5. The summed E-state index contributed by atoms with van der Waals surface area (Å²) in [5.74, 6) is -2.14. The molecule has 0 aromatic rings. The number of amides is 4. The van der Waals surface area contributed by atoms with Crippen molar-refractivity contribution in [3.05, 3.63) is 0 Å². The molecular weight excluding hydrogens is 278 g/mol. The van der Waals surface area contributed by atoms with Gasteiger partial charge in [0.25, 0.3) is 5.91 Å². The summed E-state index contributed by atoms with van der Waals surface area (Å²) in [6, 6.07) is -2.55. The lowest BCUT2D eigenvalue weighted by Gasteiger charge is -2.29. The summed E-state index contributed by atoms with van der Waals surface area (Å²) in [6.07, 6.45) is 0.980. The van der Waals surface area contributed by atoms with E-state index in [2.05, 4.69) is 10.6 Å². The van der Waals surface area contributed by atoms with E-state index >= 15 is 0 Å². The molecule has 1 saturated heterocycles. The number of piperidine rings is 1. The van der Waals surface area contributed by atoms with Crippen LogP contribution >= 0.6 is 0 Å². The lowest BCUT2D eigenvalue weighted by molar-refractivity contribution is -0.147. The Bertz CT molecular complexity index is 451. The van der Waals surface area contributed by atoms with Crippen molar-refractivity contribution < 1.29 is 24.3 Å². The highest BCUT2D eigenvalue weighted by molar-refractivity contribution is 6.01. The molecule has 0 radical (unpaired) electrons. The number of nitrogens with one attached hydrogen (secondary N) is 2. The summed E-state index contributed by atoms with van der Waals surface area (Å²) in [6.45, 7) is 3.54. The predicted octanol–water partition coefficient (Wildman–Crippen LogP) is -0.0677. The molecule has 1 heterocycles. The van der Waals surface area contributed by atoms with Gasteiger partial charge in [-0.25, -0.2) is 9.59 Å². The summed E-state index contributed by atoms with van der Waals surface area (Å²) >= 11 is 0. The summed E-state index contributed by atoms with van der Waals surface area (Å²) in [5, 5.41) is 13.9. The molecule has 4 amide bonds. The zero-order valence-electron chi connectivity index (χ0n) is 12.4. The Morgan fingerprint density at radius 1 is 1.43 bits per heavy atom. The van der Waals surface area contributed by atoms with Crippen molar-refractivity contribution in [2.24, 2.45) is 5.92 Å². The van der Waals surface area contributed by atoms with Crippen molar-refractivity contribution in [2.75, 3.05) is 7.05 Å². The van der Waals surface area contributed by atoms with E-state index in [9.17, 15) is 19.2 Å². The number of aliphatic carboxylic acids is 1. The molecule has 8 nitrogen and oxygen atoms in total. The van der Waals surface area contributed by atoms with Gasteiger partial charge in [0.05, 0.1) is 0 Å². The smallest absolute Gasteiger partial charge is 0.326 e. The molecule has 0 saturated carbocycles. The third kappa shape index (κ3) is 4.17. The second-order valence-electron chi connectivity index (χ2n) is 5.20. The van der Waals surface area contributed by atoms with Crippen molar-refractivity contribution in [2.45, 2.75) is 45.2 Å². The molecule has 3 N–H and O–H groups in total. The van der Waals surface area contributed by atoms with Crippen LogP contribution in [-0.4, -0.2) is 53.0 Å². The average Bonchev–Trinajstić information content (AvgIpc) is 2.44. The molecule has 21 heavy (non-hydrogen) atoms. The molecule has 118 valence electrons. The van der Waals surface area contributed by atoms with Crippen molar-refractivity contribution in [3.8, 4) is 0 Å². The van der Waals surface area contributed by atoms with Crippen molar-refractivity contribution in [3.63, 3.8) is 0 Å². The number of urea groups is 1. The molecule has 0 bridgehead atoms. The fourth-order valence-electron chi connectivity index (χ4n) is 2.07. The van der Waals surface area contributed by atoms with E-state index in [0.29, 0.717) is 6.42 Å². The maximum atomic E-state index is 11.8. The Labute approximate surface area is 122 Å². The van der Waals surface area contributed by atoms with E-state index in [1.54, 1.807) is 6.92 Å². The van der Waals surface area contributed by atoms with E-state index in [1.165, 1.54) is 7.05 Å². The van der Waals surface area contributed by atoms with Crippen LogP contribution in [0, 0.1) is 5.92 Å². The quantitative estimate of drug-likeness (QED) is 0.615. The Morgan fingerprint density at radius 2 is 2.05 bits per heavy atom. The van der Waals surface area contributed by atoms with Gasteiger partial charge in [-0.15, -0.1) is 0 Å². The van der Waals surface area contributed by atoms with Crippen LogP contribution in [0.1, 0.15) is 33.1 Å². The molecule has 1 unspecified atom stereocenters.